The van der Waals surface area contributed by atoms with E-state index in [1.165, 1.54) is 5.56 Å². The summed E-state index contributed by atoms with van der Waals surface area (Å²) in [5.74, 6) is 0.733. The molecule has 21 heavy (non-hydrogen) atoms. The Morgan fingerprint density at radius 1 is 1.24 bits per heavy atom. The Hall–Kier alpha value is -2.36. The van der Waals surface area contributed by atoms with Crippen molar-refractivity contribution >= 4 is 5.91 Å². The summed E-state index contributed by atoms with van der Waals surface area (Å²) < 4.78 is 5.43. The fourth-order valence-corrected chi connectivity index (χ4v) is 2.05. The molecule has 0 aliphatic rings. The normalized spacial score (nSPS) is 10.2. The van der Waals surface area contributed by atoms with Crippen LogP contribution in [0.15, 0.2) is 48.8 Å². The van der Waals surface area contributed by atoms with Crippen molar-refractivity contribution in [3.8, 4) is 5.75 Å². The Bertz CT molecular complexity index is 584. The number of aromatic nitrogens is 1. The first-order valence-electron chi connectivity index (χ1n) is 7.08. The molecule has 1 aromatic carbocycles. The summed E-state index contributed by atoms with van der Waals surface area (Å²) >= 11 is 0. The van der Waals surface area contributed by atoms with Crippen LogP contribution in [0.5, 0.6) is 5.75 Å². The summed E-state index contributed by atoms with van der Waals surface area (Å²) in [5, 5.41) is 0. The molecule has 0 fully saturated rings. The Balaban J connectivity index is 1.97. The topological polar surface area (TPSA) is 42.4 Å². The first-order chi connectivity index (χ1) is 10.2. The fourth-order valence-electron chi connectivity index (χ4n) is 2.05. The molecular weight excluding hydrogens is 264 g/mol. The number of nitrogens with zero attached hydrogens (tertiary/aromatic N) is 2. The van der Waals surface area contributed by atoms with Gasteiger partial charge in [-0.3, -0.25) is 9.78 Å². The fraction of sp³-hybridized carbons (Fsp3) is 0.294. The molecule has 1 amide bonds. The molecule has 2 aromatic rings. The maximum absolute atomic E-state index is 12.4. The van der Waals surface area contributed by atoms with Gasteiger partial charge in [0.1, 0.15) is 5.75 Å². The highest BCUT2D eigenvalue weighted by Crippen LogP contribution is 2.14. The van der Waals surface area contributed by atoms with Gasteiger partial charge in [0.05, 0.1) is 6.61 Å². The number of hydrogen-bond donors (Lipinski definition) is 0. The second kappa shape index (κ2) is 7.43. The maximum Gasteiger partial charge on any atom is 0.253 e. The van der Waals surface area contributed by atoms with Gasteiger partial charge >= 0.3 is 0 Å². The molecule has 0 N–H and O–H groups in total. The predicted octanol–water partition coefficient (Wildman–Crippen LogP) is 2.80. The molecule has 1 heterocycles. The lowest BCUT2D eigenvalue weighted by Crippen LogP contribution is -2.28. The highest BCUT2D eigenvalue weighted by molar-refractivity contribution is 5.94. The number of ether oxygens (including phenoxy) is 1. The van der Waals surface area contributed by atoms with Crippen molar-refractivity contribution < 1.29 is 9.53 Å². The van der Waals surface area contributed by atoms with E-state index in [0.29, 0.717) is 18.7 Å². The molecule has 0 saturated carbocycles. The average Bonchev–Trinajstić information content (AvgIpc) is 2.53. The van der Waals surface area contributed by atoms with E-state index in [-0.39, 0.29) is 5.91 Å². The molecule has 110 valence electrons. The first-order valence-corrected chi connectivity index (χ1v) is 7.08. The van der Waals surface area contributed by atoms with Gasteiger partial charge in [0, 0.05) is 31.5 Å². The molecule has 0 radical (unpaired) electrons. The molecule has 0 aliphatic carbocycles. The van der Waals surface area contributed by atoms with Crippen LogP contribution in [0.25, 0.3) is 0 Å². The number of carbonyl (C=O) groups excluding carboxylic acids is 1. The largest absolute Gasteiger partial charge is 0.494 e. The van der Waals surface area contributed by atoms with Crippen molar-refractivity contribution in [2.24, 2.45) is 0 Å². The zero-order valence-electron chi connectivity index (χ0n) is 12.5. The van der Waals surface area contributed by atoms with Crippen LogP contribution in [0.1, 0.15) is 22.8 Å². The van der Waals surface area contributed by atoms with Crippen LogP contribution in [-0.2, 0) is 6.42 Å². The van der Waals surface area contributed by atoms with Gasteiger partial charge in [0.2, 0.25) is 0 Å². The number of rotatable bonds is 6. The van der Waals surface area contributed by atoms with Crippen LogP contribution in [0, 0.1) is 0 Å². The van der Waals surface area contributed by atoms with Gasteiger partial charge in [0.25, 0.3) is 5.91 Å². The summed E-state index contributed by atoms with van der Waals surface area (Å²) in [6, 6.07) is 11.2. The third kappa shape index (κ3) is 4.31. The lowest BCUT2D eigenvalue weighted by atomic mass is 10.1. The summed E-state index contributed by atoms with van der Waals surface area (Å²) in [6.45, 7) is 3.19. The quantitative estimate of drug-likeness (QED) is 0.819. The molecule has 0 spiro atoms. The highest BCUT2D eigenvalue weighted by atomic mass is 16.5. The third-order valence-electron chi connectivity index (χ3n) is 3.22. The molecule has 0 bridgehead atoms. The predicted molar refractivity (Wildman–Crippen MR) is 82.5 cm³/mol. The van der Waals surface area contributed by atoms with Crippen molar-refractivity contribution in [1.29, 1.82) is 0 Å². The third-order valence-corrected chi connectivity index (χ3v) is 3.22. The molecule has 0 saturated heterocycles. The second-order valence-electron chi connectivity index (χ2n) is 4.79. The van der Waals surface area contributed by atoms with Gasteiger partial charge in [0.15, 0.2) is 0 Å². The van der Waals surface area contributed by atoms with E-state index in [1.54, 1.807) is 23.4 Å². The number of amides is 1. The molecule has 1 aromatic heterocycles. The Morgan fingerprint density at radius 3 is 2.71 bits per heavy atom. The summed E-state index contributed by atoms with van der Waals surface area (Å²) in [5.41, 5.74) is 1.82. The van der Waals surface area contributed by atoms with Gasteiger partial charge in [-0.1, -0.05) is 6.07 Å². The number of hydrogen-bond acceptors (Lipinski definition) is 3. The Morgan fingerprint density at radius 2 is 2.00 bits per heavy atom. The van der Waals surface area contributed by atoms with Crippen LogP contribution in [-0.4, -0.2) is 36.0 Å². The lowest BCUT2D eigenvalue weighted by Gasteiger charge is -2.17. The van der Waals surface area contributed by atoms with Crippen molar-refractivity contribution in [1.82, 2.24) is 9.88 Å². The monoisotopic (exact) mass is 284 g/mol. The van der Waals surface area contributed by atoms with Crippen LogP contribution in [0.3, 0.4) is 0 Å². The van der Waals surface area contributed by atoms with Crippen molar-refractivity contribution in [2.75, 3.05) is 20.2 Å². The van der Waals surface area contributed by atoms with E-state index < -0.39 is 0 Å². The zero-order valence-corrected chi connectivity index (χ0v) is 12.5. The standard InChI is InChI=1S/C17H20N2O2/c1-3-21-16-6-4-5-15(13-16)17(20)19(2)12-9-14-7-10-18-11-8-14/h4-8,10-11,13H,3,9,12H2,1-2H3. The van der Waals surface area contributed by atoms with Gasteiger partial charge in [-0.15, -0.1) is 0 Å². The van der Waals surface area contributed by atoms with E-state index in [9.17, 15) is 4.79 Å². The zero-order chi connectivity index (χ0) is 15.1. The van der Waals surface area contributed by atoms with E-state index in [2.05, 4.69) is 4.98 Å². The molecule has 4 heteroatoms. The molecule has 4 nitrogen and oxygen atoms in total. The lowest BCUT2D eigenvalue weighted by molar-refractivity contribution is 0.0796. The minimum atomic E-state index is 0.00519. The number of likely N-dealkylation sites (N-methyl/N-ethyl adjacent to an activating group) is 1. The maximum atomic E-state index is 12.4. The van der Waals surface area contributed by atoms with Crippen LogP contribution < -0.4 is 4.74 Å². The van der Waals surface area contributed by atoms with Gasteiger partial charge in [-0.05, 0) is 49.2 Å². The Kier molecular flexibility index (Phi) is 5.32. The van der Waals surface area contributed by atoms with Gasteiger partial charge in [-0.25, -0.2) is 0 Å². The van der Waals surface area contributed by atoms with Gasteiger partial charge in [-0.2, -0.15) is 0 Å². The van der Waals surface area contributed by atoms with E-state index in [0.717, 1.165) is 12.2 Å². The van der Waals surface area contributed by atoms with Crippen molar-refractivity contribution in [3.63, 3.8) is 0 Å². The number of benzene rings is 1. The average molecular weight is 284 g/mol. The molecular formula is C17H20N2O2. The van der Waals surface area contributed by atoms with E-state index in [1.807, 2.05) is 44.3 Å². The van der Waals surface area contributed by atoms with Crippen molar-refractivity contribution in [3.05, 3.63) is 59.9 Å². The molecule has 0 aliphatic heterocycles. The second-order valence-corrected chi connectivity index (χ2v) is 4.79. The van der Waals surface area contributed by atoms with Crippen LogP contribution in [0.2, 0.25) is 0 Å². The Labute approximate surface area is 125 Å². The smallest absolute Gasteiger partial charge is 0.253 e. The SMILES string of the molecule is CCOc1cccc(C(=O)N(C)CCc2ccncc2)c1. The van der Waals surface area contributed by atoms with Crippen molar-refractivity contribution in [2.45, 2.75) is 13.3 Å². The van der Waals surface area contributed by atoms with Crippen LogP contribution >= 0.6 is 0 Å². The van der Waals surface area contributed by atoms with Gasteiger partial charge < -0.3 is 9.64 Å². The number of carbonyl (C=O) groups is 1. The number of pyridine rings is 1. The first kappa shape index (κ1) is 15.0. The summed E-state index contributed by atoms with van der Waals surface area (Å²) in [7, 11) is 1.82. The minimum Gasteiger partial charge on any atom is -0.494 e. The summed E-state index contributed by atoms with van der Waals surface area (Å²) in [6.07, 6.45) is 4.35. The van der Waals surface area contributed by atoms with Crippen LogP contribution in [0.4, 0.5) is 0 Å². The highest BCUT2D eigenvalue weighted by Gasteiger charge is 2.12. The summed E-state index contributed by atoms with van der Waals surface area (Å²) in [4.78, 5) is 18.1. The van der Waals surface area contributed by atoms with E-state index >= 15 is 0 Å². The molecule has 0 unspecified atom stereocenters. The minimum absolute atomic E-state index is 0.00519. The molecule has 0 atom stereocenters. The molecule has 2 rings (SSSR count). The van der Waals surface area contributed by atoms with E-state index in [4.69, 9.17) is 4.74 Å².